The molecule has 0 heterocycles. The normalized spacial score (nSPS) is 18.3. The molecule has 6 nitrogen and oxygen atoms in total. The maximum absolute atomic E-state index is 12.7. The Balaban J connectivity index is 1.78. The summed E-state index contributed by atoms with van der Waals surface area (Å²) in [6.45, 7) is 0. The monoisotopic (exact) mass is 398 g/mol. The Labute approximate surface area is 167 Å². The van der Waals surface area contributed by atoms with Gasteiger partial charge >= 0.3 is 5.97 Å². The van der Waals surface area contributed by atoms with E-state index in [4.69, 9.17) is 11.6 Å². The van der Waals surface area contributed by atoms with Gasteiger partial charge in [0.2, 0.25) is 5.91 Å². The molecule has 2 amide bonds. The van der Waals surface area contributed by atoms with Gasteiger partial charge < -0.3 is 15.7 Å². The molecule has 144 valence electrons. The van der Waals surface area contributed by atoms with Crippen LogP contribution in [0.15, 0.2) is 60.7 Å². The van der Waals surface area contributed by atoms with Crippen molar-refractivity contribution in [1.29, 1.82) is 0 Å². The molecule has 2 aromatic carbocycles. The van der Waals surface area contributed by atoms with Gasteiger partial charge in [-0.15, -0.1) is 0 Å². The summed E-state index contributed by atoms with van der Waals surface area (Å²) in [4.78, 5) is 36.8. The van der Waals surface area contributed by atoms with Crippen LogP contribution in [0.3, 0.4) is 0 Å². The highest BCUT2D eigenvalue weighted by molar-refractivity contribution is 6.31. The Morgan fingerprint density at radius 2 is 1.64 bits per heavy atom. The molecule has 0 saturated carbocycles. The second-order valence-electron chi connectivity index (χ2n) is 6.49. The van der Waals surface area contributed by atoms with Gasteiger partial charge in [0.15, 0.2) is 0 Å². The lowest BCUT2D eigenvalue weighted by Gasteiger charge is -2.24. The Morgan fingerprint density at radius 1 is 0.929 bits per heavy atom. The van der Waals surface area contributed by atoms with Gasteiger partial charge in [0.1, 0.15) is 0 Å². The van der Waals surface area contributed by atoms with E-state index in [2.05, 4.69) is 10.6 Å². The van der Waals surface area contributed by atoms with Crippen LogP contribution in [-0.2, 0) is 9.59 Å². The van der Waals surface area contributed by atoms with Crippen LogP contribution in [0, 0.1) is 11.8 Å². The number of carboxylic acid groups (broad SMARTS) is 1. The molecule has 2 aromatic rings. The number of rotatable bonds is 5. The number of amides is 2. The third-order valence-electron chi connectivity index (χ3n) is 4.60. The summed E-state index contributed by atoms with van der Waals surface area (Å²) in [5.41, 5.74) is 1.13. The van der Waals surface area contributed by atoms with E-state index in [1.54, 1.807) is 60.7 Å². The molecule has 0 saturated heterocycles. The molecule has 0 spiro atoms. The molecule has 0 unspecified atom stereocenters. The van der Waals surface area contributed by atoms with Crippen LogP contribution >= 0.6 is 11.6 Å². The molecule has 0 aromatic heterocycles. The van der Waals surface area contributed by atoms with Crippen molar-refractivity contribution in [1.82, 2.24) is 0 Å². The third kappa shape index (κ3) is 4.58. The van der Waals surface area contributed by atoms with Crippen molar-refractivity contribution >= 4 is 40.8 Å². The van der Waals surface area contributed by atoms with Crippen molar-refractivity contribution in [2.45, 2.75) is 12.8 Å². The molecule has 0 radical (unpaired) electrons. The first-order valence-electron chi connectivity index (χ1n) is 8.80. The number of benzene rings is 2. The number of anilines is 2. The number of hydrogen-bond donors (Lipinski definition) is 3. The number of para-hydroxylation sites is 1. The first-order valence-corrected chi connectivity index (χ1v) is 9.18. The van der Waals surface area contributed by atoms with E-state index in [0.29, 0.717) is 29.2 Å². The standard InChI is InChI=1S/C21H19ClN2O4/c22-13-6-5-7-14(12-13)23-20(26)17-10-3-4-11-18(17)24-19(25)15-8-1-2-9-16(15)21(27)28/h1-7,10-12,15-16H,8-9H2,(H,23,26)(H,24,25)(H,27,28)/t15-,16+/m0/s1. The molecule has 0 aliphatic heterocycles. The average molecular weight is 399 g/mol. The highest BCUT2D eigenvalue weighted by Gasteiger charge is 2.34. The summed E-state index contributed by atoms with van der Waals surface area (Å²) < 4.78 is 0. The summed E-state index contributed by atoms with van der Waals surface area (Å²) >= 11 is 5.94. The number of halogens is 1. The predicted octanol–water partition coefficient (Wildman–Crippen LogP) is 4.20. The Kier molecular flexibility index (Phi) is 6.11. The SMILES string of the molecule is O=C(Nc1cccc(Cl)c1)c1ccccc1NC(=O)[C@H]1CC=CC[C@H]1C(=O)O. The third-order valence-corrected chi connectivity index (χ3v) is 4.83. The number of carboxylic acids is 1. The number of allylic oxidation sites excluding steroid dienone is 2. The zero-order chi connectivity index (χ0) is 20.1. The molecule has 3 N–H and O–H groups in total. The maximum atomic E-state index is 12.7. The van der Waals surface area contributed by atoms with Crippen molar-refractivity contribution in [2.24, 2.45) is 11.8 Å². The average Bonchev–Trinajstić information content (AvgIpc) is 2.68. The van der Waals surface area contributed by atoms with E-state index >= 15 is 0 Å². The maximum Gasteiger partial charge on any atom is 0.307 e. The summed E-state index contributed by atoms with van der Waals surface area (Å²) in [6, 6.07) is 13.3. The minimum Gasteiger partial charge on any atom is -0.481 e. The molecular formula is C21H19ClN2O4. The van der Waals surface area contributed by atoms with Crippen molar-refractivity contribution in [3.63, 3.8) is 0 Å². The van der Waals surface area contributed by atoms with E-state index in [1.807, 2.05) is 0 Å². The topological polar surface area (TPSA) is 95.5 Å². The molecule has 1 aliphatic carbocycles. The zero-order valence-electron chi connectivity index (χ0n) is 14.9. The second kappa shape index (κ2) is 8.71. The van der Waals surface area contributed by atoms with Crippen molar-refractivity contribution in [2.75, 3.05) is 10.6 Å². The van der Waals surface area contributed by atoms with E-state index in [9.17, 15) is 19.5 Å². The Morgan fingerprint density at radius 3 is 2.36 bits per heavy atom. The van der Waals surface area contributed by atoms with Gasteiger partial charge in [-0.25, -0.2) is 0 Å². The van der Waals surface area contributed by atoms with E-state index in [0.717, 1.165) is 0 Å². The lowest BCUT2D eigenvalue weighted by atomic mass is 9.82. The number of aliphatic carboxylic acids is 1. The van der Waals surface area contributed by atoms with Gasteiger partial charge in [-0.2, -0.15) is 0 Å². The molecular weight excluding hydrogens is 380 g/mol. The van der Waals surface area contributed by atoms with Gasteiger partial charge in [0, 0.05) is 10.7 Å². The summed E-state index contributed by atoms with van der Waals surface area (Å²) in [6.07, 6.45) is 4.24. The van der Waals surface area contributed by atoms with Crippen LogP contribution in [0.25, 0.3) is 0 Å². The minimum atomic E-state index is -1.00. The Bertz CT molecular complexity index is 942. The van der Waals surface area contributed by atoms with Crippen LogP contribution in [0.5, 0.6) is 0 Å². The van der Waals surface area contributed by atoms with Crippen LogP contribution in [-0.4, -0.2) is 22.9 Å². The second-order valence-corrected chi connectivity index (χ2v) is 6.93. The summed E-state index contributed by atoms with van der Waals surface area (Å²) in [5, 5.41) is 15.3. The number of nitrogens with one attached hydrogen (secondary N) is 2. The fourth-order valence-electron chi connectivity index (χ4n) is 3.16. The van der Waals surface area contributed by atoms with E-state index in [-0.39, 0.29) is 5.56 Å². The lowest BCUT2D eigenvalue weighted by Crippen LogP contribution is -2.35. The molecule has 2 atom stereocenters. The molecule has 1 aliphatic rings. The molecule has 3 rings (SSSR count). The van der Waals surface area contributed by atoms with Crippen LogP contribution in [0.4, 0.5) is 11.4 Å². The van der Waals surface area contributed by atoms with E-state index in [1.165, 1.54) is 0 Å². The van der Waals surface area contributed by atoms with Crippen molar-refractivity contribution < 1.29 is 19.5 Å². The van der Waals surface area contributed by atoms with Gasteiger partial charge in [0.25, 0.3) is 5.91 Å². The Hall–Kier alpha value is -3.12. The number of carbonyl (C=O) groups is 3. The highest BCUT2D eigenvalue weighted by Crippen LogP contribution is 2.28. The fourth-order valence-corrected chi connectivity index (χ4v) is 3.35. The van der Waals surface area contributed by atoms with Gasteiger partial charge in [-0.1, -0.05) is 42.0 Å². The minimum absolute atomic E-state index is 0.272. The highest BCUT2D eigenvalue weighted by atomic mass is 35.5. The van der Waals surface area contributed by atoms with Gasteiger partial charge in [-0.3, -0.25) is 14.4 Å². The molecule has 7 heteroatoms. The first kappa shape index (κ1) is 19.6. The summed E-state index contributed by atoms with van der Waals surface area (Å²) in [7, 11) is 0. The van der Waals surface area contributed by atoms with Gasteiger partial charge in [-0.05, 0) is 43.2 Å². The van der Waals surface area contributed by atoms with Crippen LogP contribution in [0.1, 0.15) is 23.2 Å². The van der Waals surface area contributed by atoms with E-state index < -0.39 is 29.6 Å². The smallest absolute Gasteiger partial charge is 0.307 e. The number of hydrogen-bond acceptors (Lipinski definition) is 3. The largest absolute Gasteiger partial charge is 0.481 e. The summed E-state index contributed by atoms with van der Waals surface area (Å²) in [5.74, 6) is -3.29. The lowest BCUT2D eigenvalue weighted by molar-refractivity contribution is -0.146. The van der Waals surface area contributed by atoms with Crippen molar-refractivity contribution in [3.05, 3.63) is 71.3 Å². The predicted molar refractivity (Wildman–Crippen MR) is 107 cm³/mol. The first-order chi connectivity index (χ1) is 13.5. The molecule has 0 bridgehead atoms. The number of carbonyl (C=O) groups excluding carboxylic acids is 2. The van der Waals surface area contributed by atoms with Crippen LogP contribution < -0.4 is 10.6 Å². The molecule has 0 fully saturated rings. The fraction of sp³-hybridized carbons (Fsp3) is 0.190. The quantitative estimate of drug-likeness (QED) is 0.658. The van der Waals surface area contributed by atoms with Gasteiger partial charge in [0.05, 0.1) is 23.1 Å². The van der Waals surface area contributed by atoms with Crippen LogP contribution in [0.2, 0.25) is 5.02 Å². The molecule has 28 heavy (non-hydrogen) atoms. The zero-order valence-corrected chi connectivity index (χ0v) is 15.6. The van der Waals surface area contributed by atoms with Crippen molar-refractivity contribution in [3.8, 4) is 0 Å².